The minimum atomic E-state index is -0.364. The Morgan fingerprint density at radius 2 is 1.65 bits per heavy atom. The van der Waals surface area contributed by atoms with Crippen molar-refractivity contribution in [1.82, 2.24) is 4.98 Å². The summed E-state index contributed by atoms with van der Waals surface area (Å²) in [5.74, 6) is 0. The van der Waals surface area contributed by atoms with Gasteiger partial charge in [0.25, 0.3) is 0 Å². The predicted molar refractivity (Wildman–Crippen MR) is 75.4 cm³/mol. The largest absolute Gasteiger partial charge is 0.496 e. The molecular formula is C11H14BBr2NO2. The number of hydrogen-bond acceptors (Lipinski definition) is 3. The van der Waals surface area contributed by atoms with Crippen molar-refractivity contribution in [1.29, 1.82) is 0 Å². The Hall–Kier alpha value is 0.0949. The smallest absolute Gasteiger partial charge is 0.399 e. The molecule has 0 atom stereocenters. The molecule has 1 fully saturated rings. The van der Waals surface area contributed by atoms with Crippen LogP contribution in [0.3, 0.4) is 0 Å². The SMILES string of the molecule is CC1(C)OB(c2cnc(Br)c(Br)c2)OC1(C)C. The Labute approximate surface area is 119 Å². The molecule has 3 nitrogen and oxygen atoms in total. The van der Waals surface area contributed by atoms with Gasteiger partial charge in [-0.05, 0) is 65.6 Å². The van der Waals surface area contributed by atoms with Gasteiger partial charge in [0.2, 0.25) is 0 Å². The minimum Gasteiger partial charge on any atom is -0.399 e. The first kappa shape index (κ1) is 13.5. The zero-order valence-electron chi connectivity index (χ0n) is 10.3. The van der Waals surface area contributed by atoms with Crippen LogP contribution in [-0.4, -0.2) is 23.3 Å². The van der Waals surface area contributed by atoms with Crippen LogP contribution in [0.4, 0.5) is 0 Å². The first-order chi connectivity index (χ1) is 7.73. The molecule has 0 aliphatic carbocycles. The molecule has 0 bridgehead atoms. The van der Waals surface area contributed by atoms with Gasteiger partial charge >= 0.3 is 7.12 Å². The molecule has 1 saturated heterocycles. The van der Waals surface area contributed by atoms with Gasteiger partial charge < -0.3 is 9.31 Å². The van der Waals surface area contributed by atoms with E-state index in [4.69, 9.17) is 9.31 Å². The predicted octanol–water partition coefficient (Wildman–Crippen LogP) is 2.91. The molecule has 6 heteroatoms. The highest BCUT2D eigenvalue weighted by Gasteiger charge is 2.51. The molecule has 0 saturated carbocycles. The maximum Gasteiger partial charge on any atom is 0.496 e. The lowest BCUT2D eigenvalue weighted by Crippen LogP contribution is -2.41. The van der Waals surface area contributed by atoms with E-state index in [1.807, 2.05) is 33.8 Å². The lowest BCUT2D eigenvalue weighted by molar-refractivity contribution is 0.00578. The summed E-state index contributed by atoms with van der Waals surface area (Å²) in [6.07, 6.45) is 1.76. The number of pyridine rings is 1. The highest BCUT2D eigenvalue weighted by molar-refractivity contribution is 9.13. The van der Waals surface area contributed by atoms with Gasteiger partial charge in [0.15, 0.2) is 0 Å². The summed E-state index contributed by atoms with van der Waals surface area (Å²) in [5.41, 5.74) is 0.271. The Bertz CT molecular complexity index is 435. The summed E-state index contributed by atoms with van der Waals surface area (Å²) in [4.78, 5) is 4.23. The number of halogens is 2. The van der Waals surface area contributed by atoms with Gasteiger partial charge in [-0.3, -0.25) is 0 Å². The fourth-order valence-electron chi connectivity index (χ4n) is 1.54. The molecule has 1 aromatic heterocycles. The third kappa shape index (κ3) is 2.45. The van der Waals surface area contributed by atoms with Crippen LogP contribution in [0.5, 0.6) is 0 Å². The van der Waals surface area contributed by atoms with Gasteiger partial charge in [-0.2, -0.15) is 0 Å². The zero-order valence-corrected chi connectivity index (χ0v) is 13.4. The van der Waals surface area contributed by atoms with E-state index in [9.17, 15) is 0 Å². The summed E-state index contributed by atoms with van der Waals surface area (Å²) in [5, 5.41) is 0. The Balaban J connectivity index is 2.29. The molecule has 0 N–H and O–H groups in total. The van der Waals surface area contributed by atoms with E-state index >= 15 is 0 Å². The first-order valence-corrected chi connectivity index (χ1v) is 6.98. The van der Waals surface area contributed by atoms with Gasteiger partial charge in [-0.15, -0.1) is 0 Å². The second kappa shape index (κ2) is 4.33. The van der Waals surface area contributed by atoms with Crippen LogP contribution in [0.1, 0.15) is 27.7 Å². The Morgan fingerprint density at radius 1 is 1.12 bits per heavy atom. The van der Waals surface area contributed by atoms with Gasteiger partial charge in [-0.25, -0.2) is 4.98 Å². The molecule has 0 aromatic carbocycles. The molecule has 1 aromatic rings. The Morgan fingerprint density at radius 3 is 2.12 bits per heavy atom. The molecule has 92 valence electrons. The molecule has 0 unspecified atom stereocenters. The van der Waals surface area contributed by atoms with Crippen molar-refractivity contribution in [3.05, 3.63) is 21.3 Å². The summed E-state index contributed by atoms with van der Waals surface area (Å²) in [6, 6.07) is 1.96. The van der Waals surface area contributed by atoms with Crippen molar-refractivity contribution < 1.29 is 9.31 Å². The van der Waals surface area contributed by atoms with Crippen molar-refractivity contribution in [2.24, 2.45) is 0 Å². The molecule has 2 rings (SSSR count). The lowest BCUT2D eigenvalue weighted by atomic mass is 9.80. The van der Waals surface area contributed by atoms with E-state index in [0.717, 1.165) is 14.5 Å². The van der Waals surface area contributed by atoms with Crippen LogP contribution in [0.2, 0.25) is 0 Å². The van der Waals surface area contributed by atoms with Crippen molar-refractivity contribution >= 4 is 44.4 Å². The Kier molecular flexibility index (Phi) is 3.45. The van der Waals surface area contributed by atoms with E-state index in [0.29, 0.717) is 0 Å². The zero-order chi connectivity index (χ0) is 12.8. The minimum absolute atomic E-state index is 0.322. The highest BCUT2D eigenvalue weighted by Crippen LogP contribution is 2.36. The average Bonchev–Trinajstić information content (AvgIpc) is 2.41. The lowest BCUT2D eigenvalue weighted by Gasteiger charge is -2.32. The molecule has 0 spiro atoms. The molecular weight excluding hydrogens is 349 g/mol. The van der Waals surface area contributed by atoms with Crippen LogP contribution in [0.25, 0.3) is 0 Å². The van der Waals surface area contributed by atoms with Crippen molar-refractivity contribution in [2.45, 2.75) is 38.9 Å². The third-order valence-electron chi connectivity index (χ3n) is 3.34. The van der Waals surface area contributed by atoms with E-state index in [1.54, 1.807) is 6.20 Å². The van der Waals surface area contributed by atoms with E-state index in [2.05, 4.69) is 36.8 Å². The van der Waals surface area contributed by atoms with Crippen LogP contribution in [0.15, 0.2) is 21.3 Å². The van der Waals surface area contributed by atoms with Crippen molar-refractivity contribution in [3.63, 3.8) is 0 Å². The van der Waals surface area contributed by atoms with Crippen LogP contribution < -0.4 is 5.46 Å². The fraction of sp³-hybridized carbons (Fsp3) is 0.545. The maximum absolute atomic E-state index is 5.95. The van der Waals surface area contributed by atoms with E-state index in [-0.39, 0.29) is 18.3 Å². The normalized spacial score (nSPS) is 21.9. The monoisotopic (exact) mass is 361 g/mol. The standard InChI is InChI=1S/C11H14BBr2NO2/c1-10(2)11(3,4)17-12(16-10)7-5-8(13)9(14)15-6-7/h5-6H,1-4H3. The summed E-state index contributed by atoms with van der Waals surface area (Å²) in [6.45, 7) is 8.14. The summed E-state index contributed by atoms with van der Waals surface area (Å²) < 4.78 is 13.6. The number of rotatable bonds is 1. The molecule has 1 aliphatic heterocycles. The van der Waals surface area contributed by atoms with Gasteiger partial charge in [-0.1, -0.05) is 0 Å². The van der Waals surface area contributed by atoms with Crippen LogP contribution in [-0.2, 0) is 9.31 Å². The topological polar surface area (TPSA) is 31.4 Å². The molecule has 2 heterocycles. The average molecular weight is 363 g/mol. The number of aromatic nitrogens is 1. The van der Waals surface area contributed by atoms with Gasteiger partial charge in [0.05, 0.1) is 15.7 Å². The van der Waals surface area contributed by atoms with Crippen LogP contribution in [0, 0.1) is 0 Å². The molecule has 1 aliphatic rings. The molecule has 0 radical (unpaired) electrons. The number of nitrogens with zero attached hydrogens (tertiary/aromatic N) is 1. The fourth-order valence-corrected chi connectivity index (χ4v) is 2.13. The number of hydrogen-bond donors (Lipinski definition) is 0. The quantitative estimate of drug-likeness (QED) is 0.568. The first-order valence-electron chi connectivity index (χ1n) is 5.39. The van der Waals surface area contributed by atoms with Crippen molar-refractivity contribution in [3.8, 4) is 0 Å². The summed E-state index contributed by atoms with van der Waals surface area (Å²) >= 11 is 6.77. The van der Waals surface area contributed by atoms with Crippen molar-refractivity contribution in [2.75, 3.05) is 0 Å². The maximum atomic E-state index is 5.95. The second-order valence-electron chi connectivity index (χ2n) is 5.13. The second-order valence-corrected chi connectivity index (χ2v) is 6.74. The van der Waals surface area contributed by atoms with Gasteiger partial charge in [0.1, 0.15) is 4.60 Å². The van der Waals surface area contributed by atoms with E-state index < -0.39 is 0 Å². The highest BCUT2D eigenvalue weighted by atomic mass is 79.9. The third-order valence-corrected chi connectivity index (χ3v) is 5.11. The van der Waals surface area contributed by atoms with E-state index in [1.165, 1.54) is 0 Å². The van der Waals surface area contributed by atoms with Crippen LogP contribution >= 0.6 is 31.9 Å². The van der Waals surface area contributed by atoms with Gasteiger partial charge in [0, 0.05) is 11.7 Å². The molecule has 0 amide bonds. The molecule has 17 heavy (non-hydrogen) atoms. The summed E-state index contributed by atoms with van der Waals surface area (Å²) in [7, 11) is -0.364.